The van der Waals surface area contributed by atoms with Crippen molar-refractivity contribution in [2.75, 3.05) is 0 Å². The molecule has 2 rings (SSSR count). The molecule has 4 nitrogen and oxygen atoms in total. The molecule has 1 heterocycles. The van der Waals surface area contributed by atoms with E-state index in [-0.39, 0.29) is 4.90 Å². The molecule has 0 unspecified atom stereocenters. The second-order valence-electron chi connectivity index (χ2n) is 3.00. The third-order valence-corrected chi connectivity index (χ3v) is 3.28. The summed E-state index contributed by atoms with van der Waals surface area (Å²) in [6.07, 6.45) is 1.54. The van der Waals surface area contributed by atoms with E-state index < -0.39 is 10.1 Å². The number of fused-ring (bicyclic) bond motifs is 1. The van der Waals surface area contributed by atoms with Gasteiger partial charge in [0.1, 0.15) is 4.90 Å². The second-order valence-corrected chi connectivity index (χ2v) is 4.83. The number of pyridine rings is 1. The van der Waals surface area contributed by atoms with Crippen LogP contribution in [0.2, 0.25) is 0 Å². The SMILES string of the molecule is O=S(=O)(O)c1cccc2c(=S)cc[nH]c12. The van der Waals surface area contributed by atoms with Gasteiger partial charge in [-0.1, -0.05) is 24.4 Å². The minimum Gasteiger partial charge on any atom is -0.360 e. The molecule has 78 valence electrons. The van der Waals surface area contributed by atoms with Gasteiger partial charge in [-0.05, 0) is 12.1 Å². The lowest BCUT2D eigenvalue weighted by Crippen LogP contribution is -1.99. The molecule has 0 aliphatic heterocycles. The fourth-order valence-electron chi connectivity index (χ4n) is 1.39. The van der Waals surface area contributed by atoms with Gasteiger partial charge < -0.3 is 4.98 Å². The summed E-state index contributed by atoms with van der Waals surface area (Å²) in [5, 5.41) is 0.600. The Bertz CT molecular complexity index is 673. The van der Waals surface area contributed by atoms with Crippen molar-refractivity contribution < 1.29 is 13.0 Å². The van der Waals surface area contributed by atoms with Crippen LogP contribution in [0, 0.1) is 4.51 Å². The Hall–Kier alpha value is -1.24. The van der Waals surface area contributed by atoms with Gasteiger partial charge in [0.25, 0.3) is 10.1 Å². The highest BCUT2D eigenvalue weighted by Crippen LogP contribution is 2.21. The van der Waals surface area contributed by atoms with Crippen LogP contribution in [0.25, 0.3) is 10.9 Å². The molecule has 2 N–H and O–H groups in total. The Morgan fingerprint density at radius 1 is 1.27 bits per heavy atom. The van der Waals surface area contributed by atoms with E-state index in [9.17, 15) is 8.42 Å². The van der Waals surface area contributed by atoms with E-state index >= 15 is 0 Å². The molecule has 6 heteroatoms. The molecule has 1 aromatic heterocycles. The zero-order chi connectivity index (χ0) is 11.1. The number of rotatable bonds is 1. The summed E-state index contributed by atoms with van der Waals surface area (Å²) in [6.45, 7) is 0. The summed E-state index contributed by atoms with van der Waals surface area (Å²) in [5.74, 6) is 0. The molecule has 0 saturated carbocycles. The van der Waals surface area contributed by atoms with Crippen LogP contribution in [0.1, 0.15) is 0 Å². The smallest absolute Gasteiger partial charge is 0.296 e. The largest absolute Gasteiger partial charge is 0.360 e. The van der Waals surface area contributed by atoms with E-state index in [0.29, 0.717) is 15.4 Å². The van der Waals surface area contributed by atoms with Gasteiger partial charge in [-0.3, -0.25) is 4.55 Å². The van der Waals surface area contributed by atoms with Crippen molar-refractivity contribution in [2.24, 2.45) is 0 Å². The summed E-state index contributed by atoms with van der Waals surface area (Å²) < 4.78 is 31.7. The molecule has 2 aromatic rings. The Balaban J connectivity index is 3.02. The predicted octanol–water partition coefficient (Wildman–Crippen LogP) is 2.14. The maximum Gasteiger partial charge on any atom is 0.296 e. The van der Waals surface area contributed by atoms with Crippen LogP contribution in [-0.2, 0) is 10.1 Å². The molecule has 1 aromatic carbocycles. The van der Waals surface area contributed by atoms with Gasteiger partial charge in [-0.15, -0.1) is 0 Å². The molecule has 0 atom stereocenters. The number of nitrogens with one attached hydrogen (secondary N) is 1. The van der Waals surface area contributed by atoms with Crippen LogP contribution >= 0.6 is 12.2 Å². The minimum atomic E-state index is -4.22. The average Bonchev–Trinajstić information content (AvgIpc) is 2.16. The van der Waals surface area contributed by atoms with Crippen LogP contribution in [-0.4, -0.2) is 18.0 Å². The first-order valence-corrected chi connectivity index (χ1v) is 5.93. The van der Waals surface area contributed by atoms with Gasteiger partial charge in [0.15, 0.2) is 0 Å². The second kappa shape index (κ2) is 3.41. The van der Waals surface area contributed by atoms with Crippen LogP contribution in [0.4, 0.5) is 0 Å². The monoisotopic (exact) mass is 241 g/mol. The first-order chi connectivity index (χ1) is 7.00. The van der Waals surface area contributed by atoms with Crippen LogP contribution in [0.15, 0.2) is 35.4 Å². The lowest BCUT2D eigenvalue weighted by Gasteiger charge is -2.02. The summed E-state index contributed by atoms with van der Waals surface area (Å²) >= 11 is 5.04. The van der Waals surface area contributed by atoms with Crippen LogP contribution in [0.5, 0.6) is 0 Å². The van der Waals surface area contributed by atoms with Gasteiger partial charge in [-0.2, -0.15) is 8.42 Å². The number of para-hydroxylation sites is 1. The summed E-state index contributed by atoms with van der Waals surface area (Å²) in [6, 6.07) is 6.21. The van der Waals surface area contributed by atoms with E-state index in [0.717, 1.165) is 0 Å². The zero-order valence-corrected chi connectivity index (χ0v) is 9.10. The standard InChI is InChI=1S/C9H7NO3S2/c11-15(12,13)8-3-1-2-6-7(14)4-5-10-9(6)8/h1-5H,(H,10,14)(H,11,12,13). The number of aromatic nitrogens is 1. The number of H-pyrrole nitrogens is 1. The fourth-order valence-corrected chi connectivity index (χ4v) is 2.31. The highest BCUT2D eigenvalue weighted by molar-refractivity contribution is 7.86. The Morgan fingerprint density at radius 3 is 2.67 bits per heavy atom. The third-order valence-electron chi connectivity index (χ3n) is 2.03. The molecule has 15 heavy (non-hydrogen) atoms. The van der Waals surface area contributed by atoms with Crippen LogP contribution < -0.4 is 0 Å². The maximum atomic E-state index is 11.1. The first kappa shape index (κ1) is 10.3. The van der Waals surface area contributed by atoms with Crippen molar-refractivity contribution in [1.82, 2.24) is 4.98 Å². The molecule has 0 bridgehead atoms. The molecule has 0 spiro atoms. The highest BCUT2D eigenvalue weighted by atomic mass is 32.2. The van der Waals surface area contributed by atoms with Crippen molar-refractivity contribution >= 4 is 33.2 Å². The number of aromatic amines is 1. The lowest BCUT2D eigenvalue weighted by molar-refractivity contribution is 0.484. The van der Waals surface area contributed by atoms with Crippen molar-refractivity contribution in [1.29, 1.82) is 0 Å². The van der Waals surface area contributed by atoms with E-state index in [1.54, 1.807) is 18.3 Å². The van der Waals surface area contributed by atoms with E-state index in [2.05, 4.69) is 4.98 Å². The topological polar surface area (TPSA) is 70.2 Å². The molecule has 0 aliphatic rings. The van der Waals surface area contributed by atoms with Gasteiger partial charge in [0.05, 0.1) is 5.52 Å². The summed E-state index contributed by atoms with van der Waals surface area (Å²) in [5.41, 5.74) is 0.326. The lowest BCUT2D eigenvalue weighted by atomic mass is 10.2. The summed E-state index contributed by atoms with van der Waals surface area (Å²) in [7, 11) is -4.22. The third kappa shape index (κ3) is 1.79. The van der Waals surface area contributed by atoms with Gasteiger partial charge in [-0.25, -0.2) is 0 Å². The number of hydrogen-bond donors (Lipinski definition) is 2. The predicted molar refractivity (Wildman–Crippen MR) is 58.9 cm³/mol. The fraction of sp³-hybridized carbons (Fsp3) is 0. The first-order valence-electron chi connectivity index (χ1n) is 4.08. The molecule has 0 fully saturated rings. The Morgan fingerprint density at radius 2 is 2.00 bits per heavy atom. The van der Waals surface area contributed by atoms with E-state index in [1.165, 1.54) is 12.1 Å². The van der Waals surface area contributed by atoms with E-state index in [1.807, 2.05) is 0 Å². The summed E-state index contributed by atoms with van der Waals surface area (Å²) in [4.78, 5) is 2.60. The van der Waals surface area contributed by atoms with Gasteiger partial charge in [0, 0.05) is 16.1 Å². The molecular weight excluding hydrogens is 234 g/mol. The normalized spacial score (nSPS) is 11.8. The van der Waals surface area contributed by atoms with Crippen molar-refractivity contribution in [3.63, 3.8) is 0 Å². The quantitative estimate of drug-likeness (QED) is 0.593. The molecule has 0 radical (unpaired) electrons. The Kier molecular flexibility index (Phi) is 2.34. The van der Waals surface area contributed by atoms with Gasteiger partial charge >= 0.3 is 0 Å². The highest BCUT2D eigenvalue weighted by Gasteiger charge is 2.13. The maximum absolute atomic E-state index is 11.1. The van der Waals surface area contributed by atoms with Crippen molar-refractivity contribution in [2.45, 2.75) is 4.90 Å². The number of hydrogen-bond acceptors (Lipinski definition) is 3. The van der Waals surface area contributed by atoms with Crippen molar-refractivity contribution in [3.8, 4) is 0 Å². The van der Waals surface area contributed by atoms with Crippen LogP contribution in [0.3, 0.4) is 0 Å². The average molecular weight is 241 g/mol. The van der Waals surface area contributed by atoms with E-state index in [4.69, 9.17) is 16.8 Å². The molecule has 0 saturated heterocycles. The zero-order valence-electron chi connectivity index (χ0n) is 7.47. The molecular formula is C9H7NO3S2. The molecule has 0 amide bonds. The minimum absolute atomic E-state index is 0.160. The van der Waals surface area contributed by atoms with Crippen molar-refractivity contribution in [3.05, 3.63) is 35.0 Å². The number of benzene rings is 1. The Labute approximate surface area is 91.3 Å². The van der Waals surface area contributed by atoms with Gasteiger partial charge in [0.2, 0.25) is 0 Å². The molecule has 0 aliphatic carbocycles.